The Hall–Kier alpha value is -3.91. The maximum atomic E-state index is 15.2. The Morgan fingerprint density at radius 1 is 0.526 bits per heavy atom. The average Bonchev–Trinajstić information content (AvgIpc) is 1.58. The predicted octanol–water partition coefficient (Wildman–Crippen LogP) is -9.66. The van der Waals surface area contributed by atoms with Crippen molar-refractivity contribution in [3.05, 3.63) is 215 Å². The van der Waals surface area contributed by atoms with Crippen LogP contribution in [0.3, 0.4) is 0 Å². The van der Waals surface area contributed by atoms with E-state index < -0.39 is 198 Å². The largest absolute Gasteiger partial charge is 1.00 e. The number of nitrogens with zero attached hydrogens (tertiary/aromatic N) is 14. The Morgan fingerprint density at radius 3 is 1.62 bits per heavy atom. The first-order chi connectivity index (χ1) is 50.1. The van der Waals surface area contributed by atoms with Crippen molar-refractivity contribution in [3.8, 4) is 0 Å². The number of hydrazone groups is 1. The minimum absolute atomic E-state index is 0. The number of amidine groups is 6. The number of H-pyrrole nitrogens is 1. The topological polar surface area (TPSA) is 573 Å². The van der Waals surface area contributed by atoms with Gasteiger partial charge < -0.3 is 25.6 Å². The van der Waals surface area contributed by atoms with Gasteiger partial charge in [0.25, 0.3) is 76.6 Å². The van der Waals surface area contributed by atoms with E-state index in [1.54, 1.807) is 0 Å². The number of hydrogen-bond donors (Lipinski definition) is 8. The number of aromatic nitrogens is 2. The second-order valence-electron chi connectivity index (χ2n) is 22.9. The molecular formula is C60H37Cl3N16Na6NiO21S7+4. The first kappa shape index (κ1) is 97.2. The number of carbonyl (C=O) groups is 1. The third-order valence-corrected chi connectivity index (χ3v) is 23.9. The quantitative estimate of drug-likeness (QED) is 0.0118. The summed E-state index contributed by atoms with van der Waals surface area (Å²) >= 11 is 18.2. The smallest absolute Gasteiger partial charge is 0.458 e. The maximum absolute atomic E-state index is 15.2. The second-order valence-corrected chi connectivity index (χ2v) is 34.0. The van der Waals surface area contributed by atoms with E-state index in [4.69, 9.17) is 34.8 Å². The van der Waals surface area contributed by atoms with E-state index in [-0.39, 0.29) is 265 Å². The number of amides is 1. The van der Waals surface area contributed by atoms with Gasteiger partial charge in [-0.05, 0) is 108 Å². The molecule has 8 aromatic rings. The molecule has 558 valence electrons. The van der Waals surface area contributed by atoms with Crippen molar-refractivity contribution in [2.45, 2.75) is 59.6 Å². The molecule has 114 heavy (non-hydrogen) atoms. The molecule has 1 amide bonds. The SMILES string of the molecule is CC1=NN(c2ccc(/C=C\c3cccc(N=c4[nH]c(Cl)nc(Cl)c4Cl)c3S(=O)(=O)O)cc2S(=O)(=O)O)C(=O)C1N=Nc1cc(NS(=O)(=O)c2cccc3c2C2=NC3N=C3N=C(N=C4[N-]C([N-]C5=NC(=N2)c2cccc(S(=O)(=O)O)c25)c2cccc(S(=O)(=O)O)c24)c2cccc(S(=O)(=O)O)c23)ccc1S(=O)(=O)O.[Na+].[Na+].[Na+].[Na+].[Na+].[Na+].[Ni]. The third kappa shape index (κ3) is 19.4. The fraction of sp³-hybridized carbons (Fsp3) is 0.0667. The molecule has 54 heteroatoms. The molecule has 6 aliphatic heterocycles. The van der Waals surface area contributed by atoms with Gasteiger partial charge in [0.1, 0.15) is 40.1 Å². The number of carbonyl (C=O) groups excluding carboxylic acids is 1. The number of aliphatic imine (C=N–C) groups is 6. The fourth-order valence-electron chi connectivity index (χ4n) is 11.8. The zero-order chi connectivity index (χ0) is 76.7. The van der Waals surface area contributed by atoms with Crippen molar-refractivity contribution < 1.29 is 285 Å². The maximum Gasteiger partial charge on any atom is 1.00 e. The molecule has 14 rings (SSSR count). The number of aromatic amines is 1. The average molecular weight is 1850 g/mol. The van der Waals surface area contributed by atoms with Crippen molar-refractivity contribution in [1.82, 2.24) is 9.97 Å². The second kappa shape index (κ2) is 36.4. The van der Waals surface area contributed by atoms with Crippen molar-refractivity contribution in [2.24, 2.45) is 50.3 Å². The number of anilines is 2. The molecule has 0 fully saturated rings. The van der Waals surface area contributed by atoms with Crippen LogP contribution in [-0.2, 0) is 92.0 Å². The molecular weight excluding hydrogens is 1810 g/mol. The van der Waals surface area contributed by atoms with Gasteiger partial charge in [-0.2, -0.15) is 70.8 Å². The molecule has 0 radical (unpaired) electrons. The number of benzene rings is 7. The van der Waals surface area contributed by atoms with Gasteiger partial charge in [-0.15, -0.1) is 0 Å². The van der Waals surface area contributed by atoms with Crippen molar-refractivity contribution in [2.75, 3.05) is 9.73 Å². The van der Waals surface area contributed by atoms with E-state index in [0.717, 1.165) is 60.7 Å². The molecule has 0 saturated carbocycles. The summed E-state index contributed by atoms with van der Waals surface area (Å²) in [5.74, 6) is -4.20. The Kier molecular flexibility index (Phi) is 31.1. The monoisotopic (exact) mass is 1840 g/mol. The normalized spacial score (nSPS) is 16.9. The zero-order valence-electron chi connectivity index (χ0n) is 58.9. The van der Waals surface area contributed by atoms with Crippen LogP contribution in [0.1, 0.15) is 74.9 Å². The van der Waals surface area contributed by atoms with Crippen LogP contribution in [0.4, 0.5) is 22.7 Å². The van der Waals surface area contributed by atoms with Crippen LogP contribution < -0.4 is 193 Å². The van der Waals surface area contributed by atoms with Crippen LogP contribution in [0.2, 0.25) is 15.5 Å². The van der Waals surface area contributed by atoms with Gasteiger partial charge in [-0.25, -0.2) is 38.4 Å². The van der Waals surface area contributed by atoms with Crippen LogP contribution in [-0.4, -0.2) is 149 Å². The third-order valence-electron chi connectivity index (χ3n) is 16.2. The molecule has 37 nitrogen and oxygen atoms in total. The molecule has 3 unspecified atom stereocenters. The van der Waals surface area contributed by atoms with E-state index >= 15 is 8.42 Å². The van der Waals surface area contributed by atoms with Gasteiger partial charge in [-0.1, -0.05) is 114 Å². The van der Waals surface area contributed by atoms with Crippen LogP contribution in [0.15, 0.2) is 212 Å². The molecule has 0 saturated heterocycles. The van der Waals surface area contributed by atoms with Gasteiger partial charge in [0.15, 0.2) is 34.5 Å². The summed E-state index contributed by atoms with van der Waals surface area (Å²) < 4.78 is 252. The van der Waals surface area contributed by atoms with Gasteiger partial charge >= 0.3 is 177 Å². The van der Waals surface area contributed by atoms with Gasteiger partial charge in [0.2, 0.25) is 5.28 Å². The fourth-order valence-corrected chi connectivity index (χ4v) is 17.8. The molecule has 0 aliphatic carbocycles. The minimum Gasteiger partial charge on any atom is -0.458 e. The van der Waals surface area contributed by atoms with E-state index in [1.165, 1.54) is 79.7 Å². The predicted molar refractivity (Wildman–Crippen MR) is 383 cm³/mol. The molecule has 8 bridgehead atoms. The Morgan fingerprint density at radius 2 is 1.04 bits per heavy atom. The Labute approximate surface area is 804 Å². The molecule has 3 atom stereocenters. The van der Waals surface area contributed by atoms with Crippen LogP contribution >= 0.6 is 34.8 Å². The number of rotatable bonds is 15. The van der Waals surface area contributed by atoms with E-state index in [0.29, 0.717) is 11.1 Å². The number of fused-ring (bicyclic) bond motifs is 17. The van der Waals surface area contributed by atoms with Crippen molar-refractivity contribution in [1.29, 1.82) is 0 Å². The van der Waals surface area contributed by atoms with Crippen LogP contribution in [0, 0.1) is 0 Å². The Bertz CT molecular complexity index is 6730. The number of hydrogen-bond acceptors (Lipinski definition) is 26. The number of halogens is 3. The molecule has 0 spiro atoms. The van der Waals surface area contributed by atoms with Crippen molar-refractivity contribution in [3.63, 3.8) is 0 Å². The molecule has 8 N–H and O–H groups in total. The molecule has 1 aromatic heterocycles. The number of sulfonamides is 1. The first-order valence-corrected chi connectivity index (χ1v) is 40.8. The Balaban J connectivity index is 0.00000257. The molecule has 7 heterocycles. The van der Waals surface area contributed by atoms with Crippen LogP contribution in [0.25, 0.3) is 22.8 Å². The van der Waals surface area contributed by atoms with Crippen molar-refractivity contribution >= 4 is 187 Å². The molecule has 7 aromatic carbocycles. The van der Waals surface area contributed by atoms with E-state index in [1.807, 2.05) is 0 Å². The first-order valence-electron chi connectivity index (χ1n) is 29.5. The number of azo groups is 1. The summed E-state index contributed by atoms with van der Waals surface area (Å²) in [5, 5.41) is 20.7. The summed E-state index contributed by atoms with van der Waals surface area (Å²) in [4.78, 5) is 46.4. The minimum atomic E-state index is -5.32. The number of nitrogens with one attached hydrogen (secondary N) is 2. The van der Waals surface area contributed by atoms with Crippen LogP contribution in [0.5, 0.6) is 0 Å². The zero-order valence-corrected chi connectivity index (χ0v) is 79.9. The summed E-state index contributed by atoms with van der Waals surface area (Å²) in [6.07, 6.45) is -1.05. The van der Waals surface area contributed by atoms with Gasteiger partial charge in [0.05, 0.1) is 39.3 Å². The van der Waals surface area contributed by atoms with Gasteiger partial charge in [-0.3, -0.25) is 36.8 Å². The van der Waals surface area contributed by atoms with E-state index in [2.05, 4.69) is 75.6 Å². The standard InChI is InChI=1S/C60H37Cl3N16O21S7.6Na.Ni/c1-25-47(59(80)79(77-25)35-21-18-26(23-41(35)106(95,96)97)17-19-27-7-2-12-33(48(27)107(98,99)100)64-58-46(61)49(62)65-60(63)74-58)76-75-34-24-28(20-22-36(34)102(83,84)85)78-101(81,82)37-13-3-8-29-42(37)54-66-50(29)68-55-44-31(10-5-15-39(44)104(89,90)91)52(70-55)72-57-45-32(11-6-16-40(45)105(92,93)94)53(73-57)71-56-43-30(51(67-54)69-56)9-4-14-38(43)103(86,87)88;;;;;;;/h2-24,47,50,53,78H,1H3,(H7-2,64,65,66,67,68,69,70,71,72,73,74,83,84,85,86,87,88,89,90,91,92,93,94,95,96,97,98,99,100);;;;;;;/q-2;6*+1;/b19-17-,76-75?;;;;;;;. The summed E-state index contributed by atoms with van der Waals surface area (Å²) in [6, 6.07) is 21.3. The summed E-state index contributed by atoms with van der Waals surface area (Å²) in [5.41, 5.74) is -5.26. The summed E-state index contributed by atoms with van der Waals surface area (Å²) in [6.45, 7) is 1.21. The summed E-state index contributed by atoms with van der Waals surface area (Å²) in [7, 11) is -36.4. The van der Waals surface area contributed by atoms with E-state index in [9.17, 15) is 82.6 Å². The molecule has 6 aliphatic rings. The van der Waals surface area contributed by atoms with Gasteiger partial charge in [0, 0.05) is 49.9 Å².